The molecule has 3 atom stereocenters. The standard InChI is InChI=1S/C15H29N3O3S/c1-5-17(8-14-11-21-10-12(14)2)7-6-13(3)16-15(22-4)9-18(19)20/h9,12-14,16H,5-8,10-11H2,1-4H3. The average Bonchev–Trinajstić information content (AvgIpc) is 2.87. The van der Waals surface area contributed by atoms with E-state index in [1.54, 1.807) is 0 Å². The Bertz CT molecular complexity index is 379. The highest BCUT2D eigenvalue weighted by Gasteiger charge is 2.25. The third-order valence-electron chi connectivity index (χ3n) is 4.17. The number of rotatable bonds is 10. The van der Waals surface area contributed by atoms with Crippen molar-refractivity contribution < 1.29 is 9.66 Å². The summed E-state index contributed by atoms with van der Waals surface area (Å²) in [5.74, 6) is 1.26. The minimum absolute atomic E-state index is 0.213. The molecule has 1 fully saturated rings. The molecule has 0 amide bonds. The lowest BCUT2D eigenvalue weighted by Crippen LogP contribution is -2.36. The van der Waals surface area contributed by atoms with Crippen LogP contribution < -0.4 is 5.32 Å². The third-order valence-corrected chi connectivity index (χ3v) is 4.83. The zero-order valence-electron chi connectivity index (χ0n) is 14.1. The Morgan fingerprint density at radius 1 is 1.59 bits per heavy atom. The summed E-state index contributed by atoms with van der Waals surface area (Å²) >= 11 is 1.37. The summed E-state index contributed by atoms with van der Waals surface area (Å²) in [4.78, 5) is 12.6. The quantitative estimate of drug-likeness (QED) is 0.490. The fraction of sp³-hybridized carbons (Fsp3) is 0.867. The van der Waals surface area contributed by atoms with Gasteiger partial charge in [-0.15, -0.1) is 11.8 Å². The zero-order valence-corrected chi connectivity index (χ0v) is 14.9. The van der Waals surface area contributed by atoms with E-state index in [2.05, 4.69) is 31.0 Å². The summed E-state index contributed by atoms with van der Waals surface area (Å²) < 4.78 is 5.53. The van der Waals surface area contributed by atoms with Crippen molar-refractivity contribution in [2.75, 3.05) is 39.1 Å². The van der Waals surface area contributed by atoms with Gasteiger partial charge in [0.2, 0.25) is 0 Å². The second kappa shape index (κ2) is 10.1. The van der Waals surface area contributed by atoms with Gasteiger partial charge in [-0.05, 0) is 38.0 Å². The molecule has 6 nitrogen and oxygen atoms in total. The Morgan fingerprint density at radius 2 is 2.32 bits per heavy atom. The number of ether oxygens (including phenoxy) is 1. The van der Waals surface area contributed by atoms with Crippen molar-refractivity contribution in [2.24, 2.45) is 11.8 Å². The molecule has 1 rings (SSSR count). The first kappa shape index (κ1) is 19.3. The van der Waals surface area contributed by atoms with E-state index in [9.17, 15) is 10.1 Å². The first-order chi connectivity index (χ1) is 10.5. The molecule has 7 heteroatoms. The van der Waals surface area contributed by atoms with Crippen molar-refractivity contribution in [1.29, 1.82) is 0 Å². The summed E-state index contributed by atoms with van der Waals surface area (Å²) in [6, 6.07) is 0.213. The molecule has 0 aromatic rings. The highest BCUT2D eigenvalue weighted by Crippen LogP contribution is 2.21. The summed E-state index contributed by atoms with van der Waals surface area (Å²) in [5.41, 5.74) is 0. The smallest absolute Gasteiger partial charge is 0.263 e. The molecule has 1 saturated heterocycles. The van der Waals surface area contributed by atoms with Crippen LogP contribution in [0, 0.1) is 22.0 Å². The molecule has 1 aliphatic heterocycles. The maximum absolute atomic E-state index is 10.5. The molecule has 1 heterocycles. The van der Waals surface area contributed by atoms with E-state index in [1.165, 1.54) is 11.8 Å². The Kier molecular flexibility index (Phi) is 8.82. The van der Waals surface area contributed by atoms with E-state index in [0.29, 0.717) is 16.9 Å². The zero-order chi connectivity index (χ0) is 16.5. The molecule has 1 N–H and O–H groups in total. The second-order valence-electron chi connectivity index (χ2n) is 5.98. The minimum Gasteiger partial charge on any atom is -0.381 e. The molecule has 22 heavy (non-hydrogen) atoms. The number of nitro groups is 1. The van der Waals surface area contributed by atoms with Crippen LogP contribution in [0.1, 0.15) is 27.2 Å². The fourth-order valence-electron chi connectivity index (χ4n) is 2.58. The first-order valence-corrected chi connectivity index (χ1v) is 9.14. The van der Waals surface area contributed by atoms with E-state index in [0.717, 1.165) is 45.5 Å². The molecule has 0 aliphatic carbocycles. The molecule has 128 valence electrons. The van der Waals surface area contributed by atoms with Gasteiger partial charge >= 0.3 is 0 Å². The maximum atomic E-state index is 10.5. The molecule has 1 aliphatic rings. The Labute approximate surface area is 137 Å². The van der Waals surface area contributed by atoms with Gasteiger partial charge in [-0.1, -0.05) is 13.8 Å². The van der Waals surface area contributed by atoms with E-state index in [4.69, 9.17) is 4.74 Å². The van der Waals surface area contributed by atoms with Crippen molar-refractivity contribution in [3.63, 3.8) is 0 Å². The predicted molar refractivity (Wildman–Crippen MR) is 91.4 cm³/mol. The van der Waals surface area contributed by atoms with Crippen LogP contribution in [0.15, 0.2) is 11.2 Å². The van der Waals surface area contributed by atoms with Gasteiger partial charge in [0.1, 0.15) is 5.03 Å². The molecule has 0 saturated carbocycles. The fourth-order valence-corrected chi connectivity index (χ4v) is 3.09. The van der Waals surface area contributed by atoms with E-state index in [-0.39, 0.29) is 6.04 Å². The Balaban J connectivity index is 2.36. The number of nitrogens with one attached hydrogen (secondary N) is 1. The van der Waals surface area contributed by atoms with Crippen LogP contribution >= 0.6 is 11.8 Å². The predicted octanol–water partition coefficient (Wildman–Crippen LogP) is 2.40. The van der Waals surface area contributed by atoms with E-state index < -0.39 is 4.92 Å². The van der Waals surface area contributed by atoms with Crippen molar-refractivity contribution in [3.05, 3.63) is 21.3 Å². The highest BCUT2D eigenvalue weighted by molar-refractivity contribution is 8.02. The van der Waals surface area contributed by atoms with Crippen LogP contribution in [0.25, 0.3) is 0 Å². The van der Waals surface area contributed by atoms with Crippen LogP contribution in [0.5, 0.6) is 0 Å². The summed E-state index contributed by atoms with van der Waals surface area (Å²) in [5, 5.41) is 14.4. The third kappa shape index (κ3) is 6.98. The Morgan fingerprint density at radius 3 is 2.82 bits per heavy atom. The van der Waals surface area contributed by atoms with Crippen molar-refractivity contribution in [3.8, 4) is 0 Å². The van der Waals surface area contributed by atoms with Crippen molar-refractivity contribution >= 4 is 11.8 Å². The SMILES string of the molecule is CCN(CCC(C)NC(=C[N+](=O)[O-])SC)CC1COCC1C. The van der Waals surface area contributed by atoms with Crippen LogP contribution in [-0.4, -0.2) is 55.0 Å². The maximum Gasteiger partial charge on any atom is 0.263 e. The first-order valence-electron chi connectivity index (χ1n) is 7.92. The monoisotopic (exact) mass is 331 g/mol. The number of hydrogen-bond donors (Lipinski definition) is 1. The highest BCUT2D eigenvalue weighted by atomic mass is 32.2. The molecule has 0 radical (unpaired) electrons. The molecule has 0 bridgehead atoms. The van der Waals surface area contributed by atoms with E-state index >= 15 is 0 Å². The molecular weight excluding hydrogens is 302 g/mol. The van der Waals surface area contributed by atoms with E-state index in [1.807, 2.05) is 6.26 Å². The molecule has 3 unspecified atom stereocenters. The van der Waals surface area contributed by atoms with Gasteiger partial charge in [0, 0.05) is 25.7 Å². The van der Waals surface area contributed by atoms with Crippen molar-refractivity contribution in [2.45, 2.75) is 33.2 Å². The lowest BCUT2D eigenvalue weighted by molar-refractivity contribution is -0.403. The van der Waals surface area contributed by atoms with Gasteiger partial charge in [0.15, 0.2) is 0 Å². The van der Waals surface area contributed by atoms with Gasteiger partial charge in [0.25, 0.3) is 6.20 Å². The molecule has 0 spiro atoms. The van der Waals surface area contributed by atoms with Gasteiger partial charge in [-0.2, -0.15) is 0 Å². The van der Waals surface area contributed by atoms with Crippen LogP contribution in [0.3, 0.4) is 0 Å². The molecular formula is C15H29N3O3S. The van der Waals surface area contributed by atoms with Crippen LogP contribution in [0.4, 0.5) is 0 Å². The van der Waals surface area contributed by atoms with Crippen molar-refractivity contribution in [1.82, 2.24) is 10.2 Å². The Hall–Kier alpha value is -0.790. The number of hydrogen-bond acceptors (Lipinski definition) is 6. The van der Waals surface area contributed by atoms with Crippen LogP contribution in [-0.2, 0) is 4.74 Å². The summed E-state index contributed by atoms with van der Waals surface area (Å²) in [6.45, 7) is 11.3. The van der Waals surface area contributed by atoms with Gasteiger partial charge in [0.05, 0.1) is 11.5 Å². The summed E-state index contributed by atoms with van der Waals surface area (Å²) in [6.07, 6.45) is 3.84. The second-order valence-corrected chi connectivity index (χ2v) is 6.83. The van der Waals surface area contributed by atoms with Gasteiger partial charge in [-0.3, -0.25) is 10.1 Å². The van der Waals surface area contributed by atoms with Gasteiger partial charge in [-0.25, -0.2) is 0 Å². The molecule has 0 aromatic carbocycles. The normalized spacial score (nSPS) is 23.8. The topological polar surface area (TPSA) is 67.6 Å². The summed E-state index contributed by atoms with van der Waals surface area (Å²) in [7, 11) is 0. The minimum atomic E-state index is -0.411. The lowest BCUT2D eigenvalue weighted by Gasteiger charge is -2.27. The number of nitrogens with zero attached hydrogens (tertiary/aromatic N) is 2. The largest absolute Gasteiger partial charge is 0.381 e. The van der Waals surface area contributed by atoms with Crippen LogP contribution in [0.2, 0.25) is 0 Å². The average molecular weight is 331 g/mol. The lowest BCUT2D eigenvalue weighted by atomic mass is 9.97. The molecule has 0 aromatic heterocycles. The number of thioether (sulfide) groups is 1. The van der Waals surface area contributed by atoms with Gasteiger partial charge < -0.3 is 15.0 Å².